The molecule has 1 aromatic carbocycles. The molecule has 0 spiro atoms. The minimum atomic E-state index is -1.42. The van der Waals surface area contributed by atoms with E-state index in [0.29, 0.717) is 34.4 Å². The summed E-state index contributed by atoms with van der Waals surface area (Å²) < 4.78 is 20.7. The van der Waals surface area contributed by atoms with Crippen molar-refractivity contribution in [3.63, 3.8) is 0 Å². The van der Waals surface area contributed by atoms with E-state index in [1.54, 1.807) is 11.5 Å². The van der Waals surface area contributed by atoms with E-state index < -0.39 is 6.16 Å². The van der Waals surface area contributed by atoms with E-state index in [1.807, 2.05) is 26.8 Å². The summed E-state index contributed by atoms with van der Waals surface area (Å²) >= 11 is 0. The van der Waals surface area contributed by atoms with Gasteiger partial charge in [0.25, 0.3) is 5.56 Å². The molecule has 0 saturated carbocycles. The van der Waals surface area contributed by atoms with E-state index in [9.17, 15) is 14.0 Å². The number of halogens is 1. The first-order chi connectivity index (χ1) is 14.9. The fraction of sp³-hybridized carbons (Fsp3) is 0.375. The van der Waals surface area contributed by atoms with Gasteiger partial charge < -0.3 is 14.4 Å². The Morgan fingerprint density at radius 1 is 1.19 bits per heavy atom. The third-order valence-electron chi connectivity index (χ3n) is 6.19. The van der Waals surface area contributed by atoms with Crippen molar-refractivity contribution in [1.29, 1.82) is 0 Å². The molecule has 162 valence electrons. The van der Waals surface area contributed by atoms with Crippen LogP contribution >= 0.6 is 0 Å². The number of hydrogen-bond acceptors (Lipinski definition) is 4. The van der Waals surface area contributed by atoms with Crippen molar-refractivity contribution in [2.24, 2.45) is 0 Å². The van der Waals surface area contributed by atoms with E-state index in [4.69, 9.17) is 10.1 Å². The summed E-state index contributed by atoms with van der Waals surface area (Å²) in [5.74, 6) is -0.250. The van der Waals surface area contributed by atoms with Crippen LogP contribution in [-0.2, 0) is 30.7 Å². The van der Waals surface area contributed by atoms with Gasteiger partial charge in [-0.25, -0.2) is 14.2 Å². The topological polar surface area (TPSA) is 81.4 Å². The summed E-state index contributed by atoms with van der Waals surface area (Å²) in [4.78, 5) is 28.6. The second-order valence-electron chi connectivity index (χ2n) is 7.76. The van der Waals surface area contributed by atoms with Crippen LogP contribution in [0.4, 0.5) is 9.18 Å². The highest BCUT2D eigenvalue weighted by Crippen LogP contribution is 2.41. The van der Waals surface area contributed by atoms with Crippen LogP contribution in [0, 0.1) is 19.7 Å². The third kappa shape index (κ3) is 3.19. The largest absolute Gasteiger partial charge is 0.506 e. The van der Waals surface area contributed by atoms with Crippen LogP contribution < -0.4 is 5.56 Å². The minimum absolute atomic E-state index is 0.250. The number of fused-ring (bicyclic) bond motifs is 4. The van der Waals surface area contributed by atoms with Crippen LogP contribution in [0.3, 0.4) is 0 Å². The molecule has 0 atom stereocenters. The van der Waals surface area contributed by atoms with Crippen molar-refractivity contribution in [2.45, 2.75) is 60.1 Å². The highest BCUT2D eigenvalue weighted by atomic mass is 19.1. The Bertz CT molecular complexity index is 1290. The molecule has 0 fully saturated rings. The molecule has 1 aliphatic heterocycles. The molecule has 7 heteroatoms. The molecule has 0 radical (unpaired) electrons. The summed E-state index contributed by atoms with van der Waals surface area (Å²) in [7, 11) is 0. The van der Waals surface area contributed by atoms with Crippen LogP contribution in [0.25, 0.3) is 22.3 Å². The van der Waals surface area contributed by atoms with Crippen molar-refractivity contribution < 1.29 is 19.0 Å². The molecule has 2 aromatic heterocycles. The van der Waals surface area contributed by atoms with Gasteiger partial charge in [-0.1, -0.05) is 13.8 Å². The maximum atomic E-state index is 14.5. The fourth-order valence-corrected chi connectivity index (χ4v) is 4.74. The standard InChI is InChI=1S/C22H19FN2O4.C2H6/c1-10-6-18-20-14(8-25(18)21(26)15(10)9-29-22(27)28)13-5-3-4-12-11(2)16(23)7-17(24-20)19(12)13;1-2/h6-7H,3-5,8-9H2,1-2H3,(H,27,28);1-2H3. The Hall–Kier alpha value is -3.22. The van der Waals surface area contributed by atoms with Gasteiger partial charge in [0.05, 0.1) is 29.0 Å². The van der Waals surface area contributed by atoms with E-state index >= 15 is 0 Å². The Morgan fingerprint density at radius 2 is 1.90 bits per heavy atom. The lowest BCUT2D eigenvalue weighted by Crippen LogP contribution is -2.25. The molecule has 6 nitrogen and oxygen atoms in total. The number of pyridine rings is 2. The van der Waals surface area contributed by atoms with Gasteiger partial charge in [-0.15, -0.1) is 0 Å². The summed E-state index contributed by atoms with van der Waals surface area (Å²) in [6.45, 7) is 7.67. The second-order valence-corrected chi connectivity index (χ2v) is 7.76. The highest BCUT2D eigenvalue weighted by Gasteiger charge is 2.30. The smallest absolute Gasteiger partial charge is 0.450 e. The normalized spacial score (nSPS) is 13.3. The molecule has 0 saturated heterocycles. The first kappa shape index (κ1) is 21.0. The van der Waals surface area contributed by atoms with Gasteiger partial charge in [-0.05, 0) is 61.4 Å². The van der Waals surface area contributed by atoms with E-state index in [2.05, 4.69) is 4.74 Å². The quantitative estimate of drug-likeness (QED) is 0.463. The molecule has 0 bridgehead atoms. The Labute approximate surface area is 179 Å². The molecule has 3 aromatic rings. The summed E-state index contributed by atoms with van der Waals surface area (Å²) in [6, 6.07) is 3.33. The van der Waals surface area contributed by atoms with Gasteiger partial charge in [-0.3, -0.25) is 4.79 Å². The highest BCUT2D eigenvalue weighted by molar-refractivity contribution is 5.92. The molecule has 1 aliphatic carbocycles. The Kier molecular flexibility index (Phi) is 5.29. The number of carboxylic acid groups (broad SMARTS) is 1. The molecule has 3 heterocycles. The molecular weight excluding hydrogens is 399 g/mol. The van der Waals surface area contributed by atoms with E-state index in [1.165, 1.54) is 6.07 Å². The zero-order valence-electron chi connectivity index (χ0n) is 18.1. The zero-order chi connectivity index (χ0) is 22.4. The predicted octanol–water partition coefficient (Wildman–Crippen LogP) is 4.89. The number of ether oxygens (including phenoxy) is 1. The van der Waals surface area contributed by atoms with Crippen LogP contribution in [-0.4, -0.2) is 20.8 Å². The summed E-state index contributed by atoms with van der Waals surface area (Å²) in [5.41, 5.74) is 6.61. The van der Waals surface area contributed by atoms with Crippen LogP contribution in [0.15, 0.2) is 16.9 Å². The number of aromatic nitrogens is 2. The molecule has 5 rings (SSSR count). The van der Waals surface area contributed by atoms with Crippen LogP contribution in [0.2, 0.25) is 0 Å². The van der Waals surface area contributed by atoms with Crippen molar-refractivity contribution in [3.05, 3.63) is 61.7 Å². The van der Waals surface area contributed by atoms with Crippen molar-refractivity contribution in [2.75, 3.05) is 0 Å². The van der Waals surface area contributed by atoms with Crippen LogP contribution in [0.1, 0.15) is 53.6 Å². The summed E-state index contributed by atoms with van der Waals surface area (Å²) in [5, 5.41) is 9.80. The number of nitrogens with zero attached hydrogens (tertiary/aromatic N) is 2. The van der Waals surface area contributed by atoms with E-state index in [-0.39, 0.29) is 18.0 Å². The van der Waals surface area contributed by atoms with Gasteiger partial charge in [0.1, 0.15) is 12.4 Å². The molecule has 1 N–H and O–H groups in total. The molecular formula is C24H25FN2O4. The van der Waals surface area contributed by atoms with Gasteiger partial charge in [-0.2, -0.15) is 0 Å². The Morgan fingerprint density at radius 3 is 2.61 bits per heavy atom. The lowest BCUT2D eigenvalue weighted by Gasteiger charge is -2.21. The lowest BCUT2D eigenvalue weighted by molar-refractivity contribution is 0.0848. The summed E-state index contributed by atoms with van der Waals surface area (Å²) in [6.07, 6.45) is 1.22. The second kappa shape index (κ2) is 7.80. The number of hydrogen-bond donors (Lipinski definition) is 1. The number of rotatable bonds is 2. The molecule has 31 heavy (non-hydrogen) atoms. The Balaban J connectivity index is 0.00000112. The number of carbonyl (C=O) groups is 1. The lowest BCUT2D eigenvalue weighted by atomic mass is 9.85. The van der Waals surface area contributed by atoms with Crippen molar-refractivity contribution in [3.8, 4) is 11.4 Å². The van der Waals surface area contributed by atoms with Gasteiger partial charge in [0.2, 0.25) is 0 Å². The average molecular weight is 424 g/mol. The molecule has 2 aliphatic rings. The van der Waals surface area contributed by atoms with Crippen molar-refractivity contribution in [1.82, 2.24) is 9.55 Å². The fourth-order valence-electron chi connectivity index (χ4n) is 4.74. The monoisotopic (exact) mass is 424 g/mol. The SMILES string of the molecule is CC.Cc1cc2n(c(=O)c1COC(=O)O)Cc1c-2nc2cc(F)c(C)c3c2c1CCC3. The molecule has 0 unspecified atom stereocenters. The maximum Gasteiger partial charge on any atom is 0.506 e. The van der Waals surface area contributed by atoms with Gasteiger partial charge >= 0.3 is 6.16 Å². The predicted molar refractivity (Wildman–Crippen MR) is 116 cm³/mol. The third-order valence-corrected chi connectivity index (χ3v) is 6.19. The average Bonchev–Trinajstić information content (AvgIpc) is 3.12. The van der Waals surface area contributed by atoms with Crippen LogP contribution in [0.5, 0.6) is 0 Å². The van der Waals surface area contributed by atoms with Crippen molar-refractivity contribution >= 4 is 17.1 Å². The maximum absolute atomic E-state index is 14.5. The van der Waals surface area contributed by atoms with E-state index in [0.717, 1.165) is 47.0 Å². The first-order valence-corrected chi connectivity index (χ1v) is 10.6. The first-order valence-electron chi connectivity index (χ1n) is 10.6. The van der Waals surface area contributed by atoms with Gasteiger partial charge in [0, 0.05) is 17.0 Å². The minimum Gasteiger partial charge on any atom is -0.450 e. The number of benzene rings is 1. The van der Waals surface area contributed by atoms with Gasteiger partial charge in [0.15, 0.2) is 0 Å². The molecule has 0 amide bonds. The number of aryl methyl sites for hydroxylation is 3. The zero-order valence-corrected chi connectivity index (χ0v) is 18.1.